The van der Waals surface area contributed by atoms with E-state index < -0.39 is 0 Å². The van der Waals surface area contributed by atoms with Gasteiger partial charge in [-0.05, 0) is 42.7 Å². The van der Waals surface area contributed by atoms with Crippen LogP contribution in [0.1, 0.15) is 18.4 Å². The smallest absolute Gasteiger partial charge is 0.226 e. The van der Waals surface area contributed by atoms with Crippen LogP contribution in [-0.2, 0) is 11.2 Å². The van der Waals surface area contributed by atoms with Gasteiger partial charge in [0, 0.05) is 13.1 Å². The van der Waals surface area contributed by atoms with Gasteiger partial charge >= 0.3 is 0 Å². The van der Waals surface area contributed by atoms with Crippen molar-refractivity contribution in [3.8, 4) is 11.5 Å². The molecule has 3 rings (SSSR count). The van der Waals surface area contributed by atoms with E-state index in [0.29, 0.717) is 6.42 Å². The molecule has 3 heteroatoms. The zero-order valence-electron chi connectivity index (χ0n) is 12.0. The normalized spacial score (nSPS) is 14.2. The molecule has 0 spiro atoms. The quantitative estimate of drug-likeness (QED) is 0.856. The monoisotopic (exact) mass is 281 g/mol. The van der Waals surface area contributed by atoms with E-state index in [9.17, 15) is 4.79 Å². The Labute approximate surface area is 125 Å². The van der Waals surface area contributed by atoms with Crippen molar-refractivity contribution in [1.82, 2.24) is 4.90 Å². The SMILES string of the molecule is O=C(Cc1ccc(Oc2ccccc2)cc1)N1CCCC1. The summed E-state index contributed by atoms with van der Waals surface area (Å²) in [5, 5.41) is 0. The Morgan fingerprint density at radius 1 is 0.905 bits per heavy atom. The van der Waals surface area contributed by atoms with Crippen LogP contribution in [0.2, 0.25) is 0 Å². The predicted molar refractivity (Wildman–Crippen MR) is 82.5 cm³/mol. The van der Waals surface area contributed by atoms with Crippen molar-refractivity contribution >= 4 is 5.91 Å². The largest absolute Gasteiger partial charge is 0.457 e. The lowest BCUT2D eigenvalue weighted by Gasteiger charge is -2.15. The first kappa shape index (κ1) is 13.7. The van der Waals surface area contributed by atoms with Gasteiger partial charge in [0.15, 0.2) is 0 Å². The van der Waals surface area contributed by atoms with Crippen LogP contribution in [0.25, 0.3) is 0 Å². The third-order valence-corrected chi connectivity index (χ3v) is 3.72. The average Bonchev–Trinajstić information content (AvgIpc) is 3.05. The highest BCUT2D eigenvalue weighted by atomic mass is 16.5. The highest BCUT2D eigenvalue weighted by Gasteiger charge is 2.17. The molecule has 0 unspecified atom stereocenters. The van der Waals surface area contributed by atoms with E-state index >= 15 is 0 Å². The standard InChI is InChI=1S/C18H19NO2/c20-18(19-12-4-5-13-19)14-15-8-10-17(11-9-15)21-16-6-2-1-3-7-16/h1-3,6-11H,4-5,12-14H2. The van der Waals surface area contributed by atoms with E-state index in [1.165, 1.54) is 0 Å². The summed E-state index contributed by atoms with van der Waals surface area (Å²) >= 11 is 0. The minimum absolute atomic E-state index is 0.226. The molecule has 1 amide bonds. The van der Waals surface area contributed by atoms with Gasteiger partial charge in [-0.15, -0.1) is 0 Å². The summed E-state index contributed by atoms with van der Waals surface area (Å²) in [6, 6.07) is 17.4. The van der Waals surface area contributed by atoms with Crippen LogP contribution in [-0.4, -0.2) is 23.9 Å². The summed E-state index contributed by atoms with van der Waals surface area (Å²) in [7, 11) is 0. The molecule has 108 valence electrons. The first-order valence-corrected chi connectivity index (χ1v) is 7.41. The van der Waals surface area contributed by atoms with Crippen LogP contribution in [0.4, 0.5) is 0 Å². The molecule has 1 aliphatic heterocycles. The third kappa shape index (κ3) is 3.63. The summed E-state index contributed by atoms with van der Waals surface area (Å²) in [6.45, 7) is 1.82. The second-order valence-corrected chi connectivity index (χ2v) is 5.32. The average molecular weight is 281 g/mol. The molecule has 0 radical (unpaired) electrons. The van der Waals surface area contributed by atoms with Crippen LogP contribution in [0.15, 0.2) is 54.6 Å². The number of rotatable bonds is 4. The molecule has 3 nitrogen and oxygen atoms in total. The number of nitrogens with zero attached hydrogens (tertiary/aromatic N) is 1. The van der Waals surface area contributed by atoms with Crippen molar-refractivity contribution in [3.05, 3.63) is 60.2 Å². The zero-order chi connectivity index (χ0) is 14.5. The number of para-hydroxylation sites is 1. The maximum Gasteiger partial charge on any atom is 0.226 e. The van der Waals surface area contributed by atoms with Gasteiger partial charge in [0.05, 0.1) is 6.42 Å². The predicted octanol–water partition coefficient (Wildman–Crippen LogP) is 3.64. The Kier molecular flexibility index (Phi) is 4.20. The lowest BCUT2D eigenvalue weighted by Crippen LogP contribution is -2.28. The van der Waals surface area contributed by atoms with Crippen molar-refractivity contribution in [2.75, 3.05) is 13.1 Å². The molecule has 1 fully saturated rings. The van der Waals surface area contributed by atoms with E-state index in [2.05, 4.69) is 0 Å². The highest BCUT2D eigenvalue weighted by Crippen LogP contribution is 2.21. The fraction of sp³-hybridized carbons (Fsp3) is 0.278. The number of ether oxygens (including phenoxy) is 1. The van der Waals surface area contributed by atoms with E-state index in [1.54, 1.807) is 0 Å². The lowest BCUT2D eigenvalue weighted by molar-refractivity contribution is -0.129. The fourth-order valence-electron chi connectivity index (χ4n) is 2.55. The molecular formula is C18H19NO2. The van der Waals surface area contributed by atoms with Gasteiger partial charge in [-0.1, -0.05) is 30.3 Å². The van der Waals surface area contributed by atoms with Crippen molar-refractivity contribution in [2.45, 2.75) is 19.3 Å². The number of likely N-dealkylation sites (tertiary alicyclic amines) is 1. The number of hydrogen-bond donors (Lipinski definition) is 0. The Hall–Kier alpha value is -2.29. The molecule has 0 saturated carbocycles. The number of amides is 1. The fourth-order valence-corrected chi connectivity index (χ4v) is 2.55. The van der Waals surface area contributed by atoms with Crippen LogP contribution in [0, 0.1) is 0 Å². The van der Waals surface area contributed by atoms with Crippen LogP contribution in [0.5, 0.6) is 11.5 Å². The molecule has 21 heavy (non-hydrogen) atoms. The van der Waals surface area contributed by atoms with Gasteiger partial charge in [0.25, 0.3) is 0 Å². The van der Waals surface area contributed by atoms with E-state index in [1.807, 2.05) is 59.5 Å². The van der Waals surface area contributed by atoms with Gasteiger partial charge in [-0.3, -0.25) is 4.79 Å². The molecule has 1 heterocycles. The van der Waals surface area contributed by atoms with Crippen molar-refractivity contribution < 1.29 is 9.53 Å². The highest BCUT2D eigenvalue weighted by molar-refractivity contribution is 5.79. The first-order chi connectivity index (χ1) is 10.3. The van der Waals surface area contributed by atoms with Crippen LogP contribution >= 0.6 is 0 Å². The number of carbonyl (C=O) groups excluding carboxylic acids is 1. The summed E-state index contributed by atoms with van der Waals surface area (Å²) in [4.78, 5) is 14.0. The Morgan fingerprint density at radius 3 is 2.19 bits per heavy atom. The van der Waals surface area contributed by atoms with Crippen LogP contribution < -0.4 is 4.74 Å². The number of hydrogen-bond acceptors (Lipinski definition) is 2. The van der Waals surface area contributed by atoms with Crippen molar-refractivity contribution in [2.24, 2.45) is 0 Å². The van der Waals surface area contributed by atoms with Gasteiger partial charge in [0.1, 0.15) is 11.5 Å². The Balaban J connectivity index is 1.60. The van der Waals surface area contributed by atoms with Gasteiger partial charge < -0.3 is 9.64 Å². The van der Waals surface area contributed by atoms with Crippen molar-refractivity contribution in [3.63, 3.8) is 0 Å². The first-order valence-electron chi connectivity index (χ1n) is 7.41. The molecule has 0 aliphatic carbocycles. The molecule has 0 atom stereocenters. The molecule has 0 bridgehead atoms. The lowest BCUT2D eigenvalue weighted by atomic mass is 10.1. The maximum atomic E-state index is 12.1. The minimum Gasteiger partial charge on any atom is -0.457 e. The van der Waals surface area contributed by atoms with Crippen molar-refractivity contribution in [1.29, 1.82) is 0 Å². The molecule has 0 N–H and O–H groups in total. The second kappa shape index (κ2) is 6.44. The van der Waals surface area contributed by atoms with E-state index in [0.717, 1.165) is 43.0 Å². The number of carbonyl (C=O) groups is 1. The van der Waals surface area contributed by atoms with E-state index in [4.69, 9.17) is 4.74 Å². The molecule has 0 aromatic heterocycles. The Bertz CT molecular complexity index is 586. The molecule has 2 aromatic carbocycles. The zero-order valence-corrected chi connectivity index (χ0v) is 12.0. The van der Waals surface area contributed by atoms with Gasteiger partial charge in [-0.2, -0.15) is 0 Å². The molecular weight excluding hydrogens is 262 g/mol. The third-order valence-electron chi connectivity index (χ3n) is 3.72. The summed E-state index contributed by atoms with van der Waals surface area (Å²) in [5.41, 5.74) is 1.03. The maximum absolute atomic E-state index is 12.1. The minimum atomic E-state index is 0.226. The summed E-state index contributed by atoms with van der Waals surface area (Å²) in [6.07, 6.45) is 2.75. The molecule has 1 aliphatic rings. The van der Waals surface area contributed by atoms with Gasteiger partial charge in [-0.25, -0.2) is 0 Å². The van der Waals surface area contributed by atoms with E-state index in [-0.39, 0.29) is 5.91 Å². The number of benzene rings is 2. The summed E-state index contributed by atoms with van der Waals surface area (Å²) < 4.78 is 5.74. The van der Waals surface area contributed by atoms with Gasteiger partial charge in [0.2, 0.25) is 5.91 Å². The van der Waals surface area contributed by atoms with Crippen LogP contribution in [0.3, 0.4) is 0 Å². The molecule has 2 aromatic rings. The second-order valence-electron chi connectivity index (χ2n) is 5.32. The Morgan fingerprint density at radius 2 is 1.52 bits per heavy atom. The molecule has 1 saturated heterocycles. The topological polar surface area (TPSA) is 29.5 Å². The summed E-state index contributed by atoms with van der Waals surface area (Å²) in [5.74, 6) is 1.83.